The molecule has 1 aromatic rings. The number of hydrogen-bond donors (Lipinski definition) is 2. The Labute approximate surface area is 107 Å². The molecule has 6 heteroatoms. The van der Waals surface area contributed by atoms with Crippen LogP contribution in [0.2, 0.25) is 0 Å². The third-order valence-corrected chi connectivity index (χ3v) is 3.00. The molecular weight excluding hydrogens is 232 g/mol. The SMILES string of the molecule is Cc1noc(NC(=O)CCC(CCN)C(C)C)n1. The first-order valence-electron chi connectivity index (χ1n) is 6.33. The summed E-state index contributed by atoms with van der Waals surface area (Å²) in [5.74, 6) is 1.42. The molecule has 0 aliphatic heterocycles. The maximum absolute atomic E-state index is 11.7. The highest BCUT2D eigenvalue weighted by Gasteiger charge is 2.15. The maximum atomic E-state index is 11.7. The Morgan fingerprint density at radius 2 is 2.17 bits per heavy atom. The van der Waals surface area contributed by atoms with Crippen LogP contribution < -0.4 is 11.1 Å². The second-order valence-electron chi connectivity index (χ2n) is 4.82. The lowest BCUT2D eigenvalue weighted by atomic mass is 9.88. The maximum Gasteiger partial charge on any atom is 0.328 e. The smallest absolute Gasteiger partial charge is 0.328 e. The van der Waals surface area contributed by atoms with Gasteiger partial charge in [0.1, 0.15) is 0 Å². The van der Waals surface area contributed by atoms with Crippen molar-refractivity contribution in [2.24, 2.45) is 17.6 Å². The molecule has 0 spiro atoms. The Morgan fingerprint density at radius 1 is 1.44 bits per heavy atom. The van der Waals surface area contributed by atoms with Crippen LogP contribution in [0, 0.1) is 18.8 Å². The van der Waals surface area contributed by atoms with E-state index in [-0.39, 0.29) is 11.9 Å². The van der Waals surface area contributed by atoms with Gasteiger partial charge >= 0.3 is 6.01 Å². The molecule has 0 aliphatic carbocycles. The number of carbonyl (C=O) groups excluding carboxylic acids is 1. The van der Waals surface area contributed by atoms with Crippen LogP contribution in [0.1, 0.15) is 38.9 Å². The summed E-state index contributed by atoms with van der Waals surface area (Å²) in [6.07, 6.45) is 2.22. The van der Waals surface area contributed by atoms with Crippen molar-refractivity contribution in [3.63, 3.8) is 0 Å². The van der Waals surface area contributed by atoms with Gasteiger partial charge in [0, 0.05) is 6.42 Å². The van der Waals surface area contributed by atoms with E-state index in [1.165, 1.54) is 0 Å². The number of nitrogens with zero attached hydrogens (tertiary/aromatic N) is 2. The molecule has 0 aliphatic rings. The zero-order chi connectivity index (χ0) is 13.5. The van der Waals surface area contributed by atoms with Crippen LogP contribution in [0.3, 0.4) is 0 Å². The first kappa shape index (κ1) is 14.6. The predicted octanol–water partition coefficient (Wildman–Crippen LogP) is 1.72. The van der Waals surface area contributed by atoms with Crippen LogP contribution >= 0.6 is 0 Å². The lowest BCUT2D eigenvalue weighted by Crippen LogP contribution is -2.18. The molecule has 0 saturated carbocycles. The molecule has 1 aromatic heterocycles. The fourth-order valence-corrected chi connectivity index (χ4v) is 1.87. The van der Waals surface area contributed by atoms with Crippen molar-refractivity contribution >= 4 is 11.9 Å². The van der Waals surface area contributed by atoms with Crippen molar-refractivity contribution in [3.8, 4) is 0 Å². The summed E-state index contributed by atoms with van der Waals surface area (Å²) in [6.45, 7) is 6.67. The number of aryl methyl sites for hydroxylation is 1. The Balaban J connectivity index is 2.35. The van der Waals surface area contributed by atoms with Crippen molar-refractivity contribution < 1.29 is 9.32 Å². The first-order chi connectivity index (χ1) is 8.52. The summed E-state index contributed by atoms with van der Waals surface area (Å²) >= 11 is 0. The van der Waals surface area contributed by atoms with E-state index in [1.807, 2.05) is 0 Å². The number of nitrogens with two attached hydrogens (primary N) is 1. The number of carbonyl (C=O) groups is 1. The van der Waals surface area contributed by atoms with Crippen LogP contribution in [-0.2, 0) is 4.79 Å². The third kappa shape index (κ3) is 4.83. The van der Waals surface area contributed by atoms with Crippen LogP contribution in [0.4, 0.5) is 6.01 Å². The van der Waals surface area contributed by atoms with Gasteiger partial charge in [0.25, 0.3) is 0 Å². The van der Waals surface area contributed by atoms with E-state index in [1.54, 1.807) is 6.92 Å². The predicted molar refractivity (Wildman–Crippen MR) is 68.9 cm³/mol. The minimum atomic E-state index is -0.0960. The zero-order valence-electron chi connectivity index (χ0n) is 11.3. The van der Waals surface area contributed by atoms with E-state index >= 15 is 0 Å². The zero-order valence-corrected chi connectivity index (χ0v) is 11.3. The number of aromatic nitrogens is 2. The highest BCUT2D eigenvalue weighted by atomic mass is 16.5. The molecule has 0 fully saturated rings. The molecule has 18 heavy (non-hydrogen) atoms. The molecule has 0 aromatic carbocycles. The summed E-state index contributed by atoms with van der Waals surface area (Å²) in [5.41, 5.74) is 5.57. The molecule has 1 rings (SSSR count). The van der Waals surface area contributed by atoms with Crippen LogP contribution in [0.5, 0.6) is 0 Å². The normalized spacial score (nSPS) is 12.7. The van der Waals surface area contributed by atoms with Crippen LogP contribution in [-0.4, -0.2) is 22.6 Å². The van der Waals surface area contributed by atoms with Crippen molar-refractivity contribution in [1.29, 1.82) is 0 Å². The highest BCUT2D eigenvalue weighted by Crippen LogP contribution is 2.20. The molecule has 3 N–H and O–H groups in total. The quantitative estimate of drug-likeness (QED) is 0.772. The molecule has 0 bridgehead atoms. The van der Waals surface area contributed by atoms with Crippen molar-refractivity contribution in [1.82, 2.24) is 10.1 Å². The average Bonchev–Trinajstić information content (AvgIpc) is 2.69. The minimum Gasteiger partial charge on any atom is -0.330 e. The summed E-state index contributed by atoms with van der Waals surface area (Å²) in [4.78, 5) is 15.6. The number of rotatable bonds is 7. The third-order valence-electron chi connectivity index (χ3n) is 3.00. The van der Waals surface area contributed by atoms with Gasteiger partial charge in [-0.3, -0.25) is 10.1 Å². The van der Waals surface area contributed by atoms with E-state index in [2.05, 4.69) is 29.3 Å². The molecular formula is C12H22N4O2. The number of amides is 1. The highest BCUT2D eigenvalue weighted by molar-refractivity contribution is 5.88. The Kier molecular flexibility index (Phi) is 5.77. The van der Waals surface area contributed by atoms with Gasteiger partial charge in [0.05, 0.1) is 0 Å². The van der Waals surface area contributed by atoms with Gasteiger partial charge in [-0.05, 0) is 38.1 Å². The van der Waals surface area contributed by atoms with Gasteiger partial charge in [-0.2, -0.15) is 4.98 Å². The summed E-state index contributed by atoms with van der Waals surface area (Å²) < 4.78 is 4.82. The Bertz CT molecular complexity index is 376. The molecule has 1 amide bonds. The average molecular weight is 254 g/mol. The fourth-order valence-electron chi connectivity index (χ4n) is 1.87. The Morgan fingerprint density at radius 3 is 2.67 bits per heavy atom. The first-order valence-corrected chi connectivity index (χ1v) is 6.33. The van der Waals surface area contributed by atoms with Gasteiger partial charge in [-0.15, -0.1) is 0 Å². The molecule has 1 heterocycles. The lowest BCUT2D eigenvalue weighted by Gasteiger charge is -2.19. The molecule has 0 radical (unpaired) electrons. The second kappa shape index (κ2) is 7.10. The van der Waals surface area contributed by atoms with Crippen molar-refractivity contribution in [2.75, 3.05) is 11.9 Å². The lowest BCUT2D eigenvalue weighted by molar-refractivity contribution is -0.116. The standard InChI is InChI=1S/C12H22N4O2/c1-8(2)10(6-7-13)4-5-11(17)15-12-14-9(3)16-18-12/h8,10H,4-7,13H2,1-3H3,(H,14,15,16,17). The number of anilines is 1. The van der Waals surface area contributed by atoms with Gasteiger partial charge in [0.2, 0.25) is 5.91 Å². The van der Waals surface area contributed by atoms with Gasteiger partial charge in [0.15, 0.2) is 5.82 Å². The van der Waals surface area contributed by atoms with E-state index in [4.69, 9.17) is 10.3 Å². The number of hydrogen-bond acceptors (Lipinski definition) is 5. The fraction of sp³-hybridized carbons (Fsp3) is 0.750. The minimum absolute atomic E-state index is 0.0960. The van der Waals surface area contributed by atoms with Crippen LogP contribution in [0.15, 0.2) is 4.52 Å². The molecule has 1 atom stereocenters. The summed E-state index contributed by atoms with van der Waals surface area (Å²) in [6, 6.07) is 0.164. The van der Waals surface area contributed by atoms with E-state index in [9.17, 15) is 4.79 Å². The van der Waals surface area contributed by atoms with E-state index in [0.29, 0.717) is 30.6 Å². The molecule has 1 unspecified atom stereocenters. The van der Waals surface area contributed by atoms with E-state index in [0.717, 1.165) is 12.8 Å². The van der Waals surface area contributed by atoms with Gasteiger partial charge in [-0.1, -0.05) is 19.0 Å². The topological polar surface area (TPSA) is 94.0 Å². The molecule has 102 valence electrons. The van der Waals surface area contributed by atoms with Crippen molar-refractivity contribution in [2.45, 2.75) is 40.0 Å². The number of nitrogens with one attached hydrogen (secondary N) is 1. The van der Waals surface area contributed by atoms with Crippen molar-refractivity contribution in [3.05, 3.63) is 5.82 Å². The van der Waals surface area contributed by atoms with E-state index < -0.39 is 0 Å². The molecule has 0 saturated heterocycles. The summed E-state index contributed by atoms with van der Waals surface area (Å²) in [7, 11) is 0. The Hall–Kier alpha value is -1.43. The van der Waals surface area contributed by atoms with Gasteiger partial charge in [-0.25, -0.2) is 0 Å². The largest absolute Gasteiger partial charge is 0.330 e. The van der Waals surface area contributed by atoms with Crippen LogP contribution in [0.25, 0.3) is 0 Å². The van der Waals surface area contributed by atoms with Gasteiger partial charge < -0.3 is 10.3 Å². The second-order valence-corrected chi connectivity index (χ2v) is 4.82. The monoisotopic (exact) mass is 254 g/mol. The molecule has 6 nitrogen and oxygen atoms in total. The summed E-state index contributed by atoms with van der Waals surface area (Å²) in [5, 5.41) is 6.19.